The number of aliphatic carboxylic acids is 1. The third-order valence-electron chi connectivity index (χ3n) is 4.45. The highest BCUT2D eigenvalue weighted by atomic mass is 16.4. The summed E-state index contributed by atoms with van der Waals surface area (Å²) in [6, 6.07) is 6.70. The number of amides is 1. The molecule has 1 heterocycles. The number of rotatable bonds is 4. The van der Waals surface area contributed by atoms with Crippen molar-refractivity contribution in [3.63, 3.8) is 0 Å². The molecule has 2 atom stereocenters. The molecule has 1 aromatic carbocycles. The summed E-state index contributed by atoms with van der Waals surface area (Å²) in [4.78, 5) is 24.0. The number of nitrogens with zero attached hydrogens (tertiary/aromatic N) is 3. The number of nitrogens with one attached hydrogen (secondary N) is 1. The second kappa shape index (κ2) is 7.25. The first-order valence-electron chi connectivity index (χ1n) is 8.15. The molecule has 3 rings (SSSR count). The zero-order valence-corrected chi connectivity index (χ0v) is 13.3. The van der Waals surface area contributed by atoms with Crippen LogP contribution in [-0.4, -0.2) is 38.0 Å². The average molecular weight is 328 g/mol. The van der Waals surface area contributed by atoms with Gasteiger partial charge in [0.2, 0.25) is 0 Å². The molecule has 0 spiro atoms. The van der Waals surface area contributed by atoms with Crippen LogP contribution >= 0.6 is 0 Å². The van der Waals surface area contributed by atoms with Gasteiger partial charge in [0.25, 0.3) is 5.91 Å². The Hall–Kier alpha value is -2.70. The SMILES string of the molecule is O=C(N[C@H]1CCCCC[C@H]1C(=O)O)c1cccc(-n2ccnn2)c1. The lowest BCUT2D eigenvalue weighted by atomic mass is 9.94. The van der Waals surface area contributed by atoms with Gasteiger partial charge in [-0.15, -0.1) is 5.10 Å². The lowest BCUT2D eigenvalue weighted by molar-refractivity contribution is -0.142. The summed E-state index contributed by atoms with van der Waals surface area (Å²) in [5, 5.41) is 20.0. The molecule has 1 fully saturated rings. The van der Waals surface area contributed by atoms with Crippen LogP contribution in [-0.2, 0) is 4.79 Å². The van der Waals surface area contributed by atoms with E-state index in [1.165, 1.54) is 0 Å². The van der Waals surface area contributed by atoms with Gasteiger partial charge >= 0.3 is 5.97 Å². The summed E-state index contributed by atoms with van der Waals surface area (Å²) in [6.07, 6.45) is 7.42. The molecule has 0 saturated heterocycles. The van der Waals surface area contributed by atoms with Crippen LogP contribution in [0.3, 0.4) is 0 Å². The summed E-state index contributed by atoms with van der Waals surface area (Å²) in [5.74, 6) is -1.61. The Morgan fingerprint density at radius 1 is 1.21 bits per heavy atom. The smallest absolute Gasteiger partial charge is 0.308 e. The van der Waals surface area contributed by atoms with E-state index in [2.05, 4.69) is 15.6 Å². The van der Waals surface area contributed by atoms with Gasteiger partial charge in [0.1, 0.15) is 0 Å². The molecule has 7 heteroatoms. The molecule has 0 aliphatic heterocycles. The lowest BCUT2D eigenvalue weighted by Crippen LogP contribution is -2.42. The van der Waals surface area contributed by atoms with Gasteiger partial charge in [-0.1, -0.05) is 30.5 Å². The van der Waals surface area contributed by atoms with E-state index in [9.17, 15) is 14.7 Å². The molecule has 1 saturated carbocycles. The van der Waals surface area contributed by atoms with Gasteiger partial charge < -0.3 is 10.4 Å². The van der Waals surface area contributed by atoms with Gasteiger partial charge in [-0.3, -0.25) is 9.59 Å². The van der Waals surface area contributed by atoms with Crippen molar-refractivity contribution < 1.29 is 14.7 Å². The van der Waals surface area contributed by atoms with Crippen LogP contribution < -0.4 is 5.32 Å². The minimum absolute atomic E-state index is 0.255. The van der Waals surface area contributed by atoms with Gasteiger partial charge in [-0.2, -0.15) is 0 Å². The summed E-state index contributed by atoms with van der Waals surface area (Å²) >= 11 is 0. The second-order valence-electron chi connectivity index (χ2n) is 6.06. The Bertz CT molecular complexity index is 714. The summed E-state index contributed by atoms with van der Waals surface area (Å²) in [7, 11) is 0. The number of hydrogen-bond acceptors (Lipinski definition) is 4. The number of carboxylic acid groups (broad SMARTS) is 1. The van der Waals surface area contributed by atoms with Crippen molar-refractivity contribution in [2.45, 2.75) is 38.1 Å². The molecule has 0 unspecified atom stereocenters. The highest BCUT2D eigenvalue weighted by Gasteiger charge is 2.30. The van der Waals surface area contributed by atoms with E-state index in [4.69, 9.17) is 0 Å². The molecule has 1 aromatic heterocycles. The molecule has 0 bridgehead atoms. The monoisotopic (exact) mass is 328 g/mol. The van der Waals surface area contributed by atoms with E-state index in [1.54, 1.807) is 35.3 Å². The predicted molar refractivity (Wildman–Crippen MR) is 86.8 cm³/mol. The van der Waals surface area contributed by atoms with Crippen molar-refractivity contribution in [1.82, 2.24) is 20.3 Å². The molecular weight excluding hydrogens is 308 g/mol. The fraction of sp³-hybridized carbons (Fsp3) is 0.412. The van der Waals surface area contributed by atoms with Crippen LogP contribution in [0.1, 0.15) is 42.5 Å². The first-order valence-corrected chi connectivity index (χ1v) is 8.15. The van der Waals surface area contributed by atoms with Crippen molar-refractivity contribution in [2.75, 3.05) is 0 Å². The van der Waals surface area contributed by atoms with Crippen LogP contribution in [0, 0.1) is 5.92 Å². The highest BCUT2D eigenvalue weighted by Crippen LogP contribution is 2.24. The predicted octanol–water partition coefficient (Wildman–Crippen LogP) is 2.03. The van der Waals surface area contributed by atoms with E-state index in [0.29, 0.717) is 18.4 Å². The molecule has 0 radical (unpaired) electrons. The van der Waals surface area contributed by atoms with Crippen LogP contribution in [0.25, 0.3) is 5.69 Å². The normalized spacial score (nSPS) is 21.0. The van der Waals surface area contributed by atoms with Gasteiger partial charge in [-0.05, 0) is 31.0 Å². The Morgan fingerprint density at radius 3 is 2.79 bits per heavy atom. The minimum Gasteiger partial charge on any atom is -0.481 e. The Labute approximate surface area is 139 Å². The summed E-state index contributed by atoms with van der Waals surface area (Å²) in [5.41, 5.74) is 1.21. The number of benzene rings is 1. The van der Waals surface area contributed by atoms with Crippen molar-refractivity contribution >= 4 is 11.9 Å². The quantitative estimate of drug-likeness (QED) is 0.837. The number of carbonyl (C=O) groups excluding carboxylic acids is 1. The largest absolute Gasteiger partial charge is 0.481 e. The first kappa shape index (κ1) is 16.2. The molecule has 2 aromatic rings. The van der Waals surface area contributed by atoms with Crippen LogP contribution in [0.15, 0.2) is 36.7 Å². The Balaban J connectivity index is 1.76. The number of carbonyl (C=O) groups is 2. The lowest BCUT2D eigenvalue weighted by Gasteiger charge is -2.23. The van der Waals surface area contributed by atoms with E-state index in [0.717, 1.165) is 24.9 Å². The second-order valence-corrected chi connectivity index (χ2v) is 6.06. The zero-order valence-electron chi connectivity index (χ0n) is 13.3. The maximum Gasteiger partial charge on any atom is 0.308 e. The van der Waals surface area contributed by atoms with Crippen molar-refractivity contribution in [2.24, 2.45) is 5.92 Å². The number of hydrogen-bond donors (Lipinski definition) is 2. The van der Waals surface area contributed by atoms with Crippen LogP contribution in [0.5, 0.6) is 0 Å². The van der Waals surface area contributed by atoms with Crippen LogP contribution in [0.2, 0.25) is 0 Å². The van der Waals surface area contributed by atoms with Gasteiger partial charge in [0, 0.05) is 11.6 Å². The average Bonchev–Trinajstić information content (AvgIpc) is 3.02. The Kier molecular flexibility index (Phi) is 4.88. The fourth-order valence-electron chi connectivity index (χ4n) is 3.16. The topological polar surface area (TPSA) is 97.1 Å². The van der Waals surface area contributed by atoms with E-state index in [-0.39, 0.29) is 11.9 Å². The molecule has 7 nitrogen and oxygen atoms in total. The molecule has 1 aliphatic carbocycles. The number of carboxylic acids is 1. The first-order chi connectivity index (χ1) is 11.6. The summed E-state index contributed by atoms with van der Waals surface area (Å²) < 4.78 is 1.57. The maximum absolute atomic E-state index is 12.6. The maximum atomic E-state index is 12.6. The molecule has 1 aliphatic rings. The minimum atomic E-state index is -0.835. The third kappa shape index (κ3) is 3.61. The number of aromatic nitrogens is 3. The molecule has 2 N–H and O–H groups in total. The molecule has 24 heavy (non-hydrogen) atoms. The van der Waals surface area contributed by atoms with Gasteiger partial charge in [0.15, 0.2) is 0 Å². The van der Waals surface area contributed by atoms with Crippen molar-refractivity contribution in [1.29, 1.82) is 0 Å². The van der Waals surface area contributed by atoms with Gasteiger partial charge in [-0.25, -0.2) is 4.68 Å². The summed E-state index contributed by atoms with van der Waals surface area (Å²) in [6.45, 7) is 0. The van der Waals surface area contributed by atoms with Crippen molar-refractivity contribution in [3.8, 4) is 5.69 Å². The van der Waals surface area contributed by atoms with Gasteiger partial charge in [0.05, 0.1) is 24.0 Å². The highest BCUT2D eigenvalue weighted by molar-refractivity contribution is 5.95. The van der Waals surface area contributed by atoms with Crippen LogP contribution in [0.4, 0.5) is 0 Å². The van der Waals surface area contributed by atoms with E-state index >= 15 is 0 Å². The Morgan fingerprint density at radius 2 is 2.04 bits per heavy atom. The molecular formula is C17H20N4O3. The molecule has 126 valence electrons. The zero-order chi connectivity index (χ0) is 16.9. The standard InChI is InChI=1S/C17H20N4O3/c22-16(19-15-8-3-1-2-7-14(15)17(23)24)12-5-4-6-13(11-12)21-10-9-18-20-21/h4-6,9-11,14-15H,1-3,7-8H2,(H,19,22)(H,23,24)/t14-,15+/m1/s1. The van der Waals surface area contributed by atoms with E-state index in [1.807, 2.05) is 6.07 Å². The van der Waals surface area contributed by atoms with Crippen molar-refractivity contribution in [3.05, 3.63) is 42.2 Å². The third-order valence-corrected chi connectivity index (χ3v) is 4.45. The fourth-order valence-corrected chi connectivity index (χ4v) is 3.16. The molecule has 1 amide bonds. The van der Waals surface area contributed by atoms with E-state index < -0.39 is 11.9 Å².